The summed E-state index contributed by atoms with van der Waals surface area (Å²) in [5.74, 6) is 0.538. The third-order valence-electron chi connectivity index (χ3n) is 2.49. The van der Waals surface area contributed by atoms with Crippen molar-refractivity contribution in [1.29, 1.82) is 0 Å². The predicted octanol–water partition coefficient (Wildman–Crippen LogP) is 1.68. The summed E-state index contributed by atoms with van der Waals surface area (Å²) in [4.78, 5) is 4.29. The molecule has 0 saturated carbocycles. The maximum atomic E-state index is 5.70. The standard InChI is InChI=1S/C12H15N5/c1-8-9(2)16-17-12(15-8)14-7-10-4-3-5-11(13)6-10/h3-6H,7,13H2,1-2H3,(H,14,15,17). The molecule has 0 radical (unpaired) electrons. The van der Waals surface area contributed by atoms with Crippen molar-refractivity contribution in [2.75, 3.05) is 11.1 Å². The molecule has 0 aliphatic heterocycles. The van der Waals surface area contributed by atoms with Gasteiger partial charge in [-0.2, -0.15) is 5.10 Å². The van der Waals surface area contributed by atoms with Gasteiger partial charge in [0, 0.05) is 12.2 Å². The highest BCUT2D eigenvalue weighted by Crippen LogP contribution is 2.08. The zero-order valence-electron chi connectivity index (χ0n) is 9.94. The summed E-state index contributed by atoms with van der Waals surface area (Å²) in [6.07, 6.45) is 0. The summed E-state index contributed by atoms with van der Waals surface area (Å²) in [5, 5.41) is 11.1. The van der Waals surface area contributed by atoms with Crippen LogP contribution >= 0.6 is 0 Å². The van der Waals surface area contributed by atoms with Crippen molar-refractivity contribution in [3.8, 4) is 0 Å². The highest BCUT2D eigenvalue weighted by Gasteiger charge is 2.01. The Morgan fingerprint density at radius 1 is 1.18 bits per heavy atom. The lowest BCUT2D eigenvalue weighted by molar-refractivity contribution is 0.885. The number of nitrogens with one attached hydrogen (secondary N) is 1. The van der Waals surface area contributed by atoms with Crippen LogP contribution in [-0.2, 0) is 6.54 Å². The fourth-order valence-corrected chi connectivity index (χ4v) is 1.42. The minimum atomic E-state index is 0.538. The van der Waals surface area contributed by atoms with Gasteiger partial charge in [0.1, 0.15) is 0 Å². The summed E-state index contributed by atoms with van der Waals surface area (Å²) >= 11 is 0. The van der Waals surface area contributed by atoms with E-state index in [9.17, 15) is 0 Å². The molecule has 0 spiro atoms. The number of nitrogens with zero attached hydrogens (tertiary/aromatic N) is 3. The lowest BCUT2D eigenvalue weighted by Gasteiger charge is -2.06. The number of anilines is 2. The van der Waals surface area contributed by atoms with E-state index in [2.05, 4.69) is 20.5 Å². The zero-order valence-corrected chi connectivity index (χ0v) is 9.94. The quantitative estimate of drug-likeness (QED) is 0.783. The molecule has 0 unspecified atom stereocenters. The molecule has 0 fully saturated rings. The Balaban J connectivity index is 2.05. The van der Waals surface area contributed by atoms with Gasteiger partial charge in [0.2, 0.25) is 5.95 Å². The highest BCUT2D eigenvalue weighted by molar-refractivity contribution is 5.41. The van der Waals surface area contributed by atoms with Crippen LogP contribution in [0.15, 0.2) is 24.3 Å². The Bertz CT molecular complexity index is 524. The van der Waals surface area contributed by atoms with E-state index in [1.807, 2.05) is 38.1 Å². The van der Waals surface area contributed by atoms with Crippen LogP contribution in [0, 0.1) is 13.8 Å². The van der Waals surface area contributed by atoms with Crippen molar-refractivity contribution in [2.24, 2.45) is 0 Å². The van der Waals surface area contributed by atoms with Crippen molar-refractivity contribution in [3.63, 3.8) is 0 Å². The van der Waals surface area contributed by atoms with Crippen LogP contribution in [0.1, 0.15) is 17.0 Å². The van der Waals surface area contributed by atoms with Crippen LogP contribution in [0.3, 0.4) is 0 Å². The van der Waals surface area contributed by atoms with Gasteiger partial charge in [-0.3, -0.25) is 0 Å². The topological polar surface area (TPSA) is 76.7 Å². The molecule has 5 heteroatoms. The molecule has 0 bridgehead atoms. The molecule has 5 nitrogen and oxygen atoms in total. The Kier molecular flexibility index (Phi) is 3.18. The molecule has 0 amide bonds. The number of nitrogens with two attached hydrogens (primary N) is 1. The van der Waals surface area contributed by atoms with E-state index < -0.39 is 0 Å². The Morgan fingerprint density at radius 2 is 2.00 bits per heavy atom. The number of nitrogen functional groups attached to an aromatic ring is 1. The Hall–Kier alpha value is -2.17. The normalized spacial score (nSPS) is 10.2. The lowest BCUT2D eigenvalue weighted by atomic mass is 10.2. The number of benzene rings is 1. The van der Waals surface area contributed by atoms with Crippen LogP contribution in [0.4, 0.5) is 11.6 Å². The van der Waals surface area contributed by atoms with Crippen LogP contribution in [0.25, 0.3) is 0 Å². The maximum Gasteiger partial charge on any atom is 0.243 e. The van der Waals surface area contributed by atoms with Crippen LogP contribution in [-0.4, -0.2) is 15.2 Å². The van der Waals surface area contributed by atoms with E-state index in [0.717, 1.165) is 22.6 Å². The van der Waals surface area contributed by atoms with Gasteiger partial charge in [-0.15, -0.1) is 5.10 Å². The summed E-state index contributed by atoms with van der Waals surface area (Å²) in [7, 11) is 0. The van der Waals surface area contributed by atoms with Gasteiger partial charge in [-0.25, -0.2) is 4.98 Å². The molecule has 1 heterocycles. The van der Waals surface area contributed by atoms with Gasteiger partial charge >= 0.3 is 0 Å². The first kappa shape index (κ1) is 11.3. The minimum absolute atomic E-state index is 0.538. The number of aryl methyl sites for hydroxylation is 2. The van der Waals surface area contributed by atoms with Crippen LogP contribution < -0.4 is 11.1 Å². The molecule has 88 valence electrons. The molecule has 1 aromatic carbocycles. The maximum absolute atomic E-state index is 5.70. The van der Waals surface area contributed by atoms with E-state index in [1.54, 1.807) is 0 Å². The van der Waals surface area contributed by atoms with Gasteiger partial charge in [-0.05, 0) is 31.5 Å². The SMILES string of the molecule is Cc1nnc(NCc2cccc(N)c2)nc1C. The summed E-state index contributed by atoms with van der Waals surface area (Å²) in [6.45, 7) is 4.43. The van der Waals surface area contributed by atoms with Crippen molar-refractivity contribution in [1.82, 2.24) is 15.2 Å². The van der Waals surface area contributed by atoms with E-state index in [0.29, 0.717) is 12.5 Å². The van der Waals surface area contributed by atoms with Crippen LogP contribution in [0.5, 0.6) is 0 Å². The van der Waals surface area contributed by atoms with E-state index in [1.165, 1.54) is 0 Å². The first-order valence-corrected chi connectivity index (χ1v) is 5.41. The van der Waals surface area contributed by atoms with Crippen molar-refractivity contribution in [3.05, 3.63) is 41.2 Å². The van der Waals surface area contributed by atoms with E-state index in [-0.39, 0.29) is 0 Å². The smallest absolute Gasteiger partial charge is 0.243 e. The number of rotatable bonds is 3. The van der Waals surface area contributed by atoms with Gasteiger partial charge < -0.3 is 11.1 Å². The zero-order chi connectivity index (χ0) is 12.3. The largest absolute Gasteiger partial charge is 0.399 e. The molecule has 0 aliphatic carbocycles. The second-order valence-electron chi connectivity index (χ2n) is 3.90. The third-order valence-corrected chi connectivity index (χ3v) is 2.49. The molecule has 0 saturated heterocycles. The van der Waals surface area contributed by atoms with Crippen LogP contribution in [0.2, 0.25) is 0 Å². The molecule has 2 aromatic rings. The van der Waals surface area contributed by atoms with Crippen molar-refractivity contribution >= 4 is 11.6 Å². The Morgan fingerprint density at radius 3 is 2.71 bits per heavy atom. The monoisotopic (exact) mass is 229 g/mol. The molecular formula is C12H15N5. The summed E-state index contributed by atoms with van der Waals surface area (Å²) in [5.41, 5.74) is 9.27. The molecule has 3 N–H and O–H groups in total. The molecule has 17 heavy (non-hydrogen) atoms. The Labute approximate surface area is 100 Å². The number of hydrogen-bond acceptors (Lipinski definition) is 5. The summed E-state index contributed by atoms with van der Waals surface area (Å²) < 4.78 is 0. The van der Waals surface area contributed by atoms with Gasteiger partial charge in [0.05, 0.1) is 11.4 Å². The predicted molar refractivity (Wildman–Crippen MR) is 67.5 cm³/mol. The first-order valence-electron chi connectivity index (χ1n) is 5.41. The van der Waals surface area contributed by atoms with Crippen molar-refractivity contribution < 1.29 is 0 Å². The van der Waals surface area contributed by atoms with E-state index >= 15 is 0 Å². The molecule has 0 aliphatic rings. The fourth-order valence-electron chi connectivity index (χ4n) is 1.42. The summed E-state index contributed by atoms with van der Waals surface area (Å²) in [6, 6.07) is 7.70. The highest BCUT2D eigenvalue weighted by atomic mass is 15.2. The van der Waals surface area contributed by atoms with Gasteiger partial charge in [-0.1, -0.05) is 12.1 Å². The average molecular weight is 229 g/mol. The molecule has 1 aromatic heterocycles. The van der Waals surface area contributed by atoms with Gasteiger partial charge in [0.25, 0.3) is 0 Å². The molecule has 0 atom stereocenters. The van der Waals surface area contributed by atoms with Gasteiger partial charge in [0.15, 0.2) is 0 Å². The minimum Gasteiger partial charge on any atom is -0.399 e. The van der Waals surface area contributed by atoms with E-state index in [4.69, 9.17) is 5.73 Å². The average Bonchev–Trinajstić information content (AvgIpc) is 2.31. The fraction of sp³-hybridized carbons (Fsp3) is 0.250. The molecular weight excluding hydrogens is 214 g/mol. The molecule has 2 rings (SSSR count). The second kappa shape index (κ2) is 4.78. The first-order chi connectivity index (χ1) is 8.15. The third kappa shape index (κ3) is 2.90. The number of hydrogen-bond donors (Lipinski definition) is 2. The van der Waals surface area contributed by atoms with Crippen molar-refractivity contribution in [2.45, 2.75) is 20.4 Å². The second-order valence-corrected chi connectivity index (χ2v) is 3.90. The number of aromatic nitrogens is 3. The lowest BCUT2D eigenvalue weighted by Crippen LogP contribution is -2.07.